The summed E-state index contributed by atoms with van der Waals surface area (Å²) in [4.78, 5) is 27.8. The number of nitrogens with zero attached hydrogens (tertiary/aromatic N) is 5. The predicted octanol–water partition coefficient (Wildman–Crippen LogP) is 4.41. The van der Waals surface area contributed by atoms with Gasteiger partial charge in [-0.05, 0) is 49.2 Å². The molecular weight excluding hydrogens is 489 g/mol. The molecule has 1 atom stereocenters. The van der Waals surface area contributed by atoms with Gasteiger partial charge in [0.1, 0.15) is 5.82 Å². The summed E-state index contributed by atoms with van der Waals surface area (Å²) >= 11 is 12.5. The van der Waals surface area contributed by atoms with Gasteiger partial charge in [0.2, 0.25) is 5.95 Å². The number of hydrogen-bond acceptors (Lipinski definition) is 8. The van der Waals surface area contributed by atoms with Crippen LogP contribution in [0.4, 0.5) is 23.1 Å². The monoisotopic (exact) mass is 513 g/mol. The minimum Gasteiger partial charge on any atom is -0.394 e. The van der Waals surface area contributed by atoms with E-state index in [2.05, 4.69) is 25.2 Å². The number of para-hydroxylation sites is 1. The highest BCUT2D eigenvalue weighted by molar-refractivity contribution is 6.37. The van der Waals surface area contributed by atoms with E-state index in [9.17, 15) is 9.90 Å². The van der Waals surface area contributed by atoms with Gasteiger partial charge >= 0.3 is 5.69 Å². The van der Waals surface area contributed by atoms with Crippen molar-refractivity contribution in [1.29, 1.82) is 0 Å². The number of nitrogens with one attached hydrogen (secondary N) is 1. The van der Waals surface area contributed by atoms with Crippen LogP contribution in [0, 0.1) is 0 Å². The van der Waals surface area contributed by atoms with E-state index in [1.807, 2.05) is 24.3 Å². The van der Waals surface area contributed by atoms with Crippen molar-refractivity contribution in [3.8, 4) is 5.69 Å². The Morgan fingerprint density at radius 2 is 1.83 bits per heavy atom. The van der Waals surface area contributed by atoms with Gasteiger partial charge in [0.15, 0.2) is 5.65 Å². The van der Waals surface area contributed by atoms with Crippen LogP contribution in [0.25, 0.3) is 16.7 Å². The standard InChI is InChI=1S/C23H21Cl2N7O2.CH4/c24-17-4-1-5-18(25)19(17)32-20(26)16-11-27-22(29-21(16)30-23(32)34)28-13-6-8-14(9-7-13)31-10-2-3-15(31)12-33;/h1,4-9,11,15,33H,2-3,10,12,26H2,(H,28,29,30,34);1H4/t15-;/m1./s1. The molecule has 3 heterocycles. The Morgan fingerprint density at radius 3 is 2.51 bits per heavy atom. The maximum atomic E-state index is 12.8. The second-order valence-electron chi connectivity index (χ2n) is 7.96. The molecule has 0 aliphatic carbocycles. The first kappa shape index (κ1) is 24.7. The first-order valence-corrected chi connectivity index (χ1v) is 11.5. The van der Waals surface area contributed by atoms with Gasteiger partial charge in [-0.25, -0.2) is 14.3 Å². The summed E-state index contributed by atoms with van der Waals surface area (Å²) in [6.45, 7) is 1.07. The average molecular weight is 514 g/mol. The Hall–Kier alpha value is -3.40. The Morgan fingerprint density at radius 1 is 1.11 bits per heavy atom. The minimum absolute atomic E-state index is 0. The fraction of sp³-hybridized carbons (Fsp3) is 0.250. The molecule has 0 amide bonds. The molecule has 1 aliphatic rings. The number of nitrogens with two attached hydrogens (primary N) is 1. The zero-order valence-electron chi connectivity index (χ0n) is 17.9. The molecule has 0 spiro atoms. The van der Waals surface area contributed by atoms with Crippen molar-refractivity contribution in [2.45, 2.75) is 26.3 Å². The van der Waals surface area contributed by atoms with Crippen LogP contribution in [0.2, 0.25) is 10.0 Å². The second kappa shape index (κ2) is 10.1. The normalized spacial score (nSPS) is 15.3. The Kier molecular flexibility index (Phi) is 7.11. The molecule has 1 saturated heterocycles. The van der Waals surface area contributed by atoms with Crippen LogP contribution < -0.4 is 21.6 Å². The number of aliphatic hydroxyl groups excluding tert-OH is 1. The lowest BCUT2D eigenvalue weighted by Gasteiger charge is -2.25. The van der Waals surface area contributed by atoms with Crippen molar-refractivity contribution >= 4 is 57.4 Å². The van der Waals surface area contributed by atoms with E-state index in [-0.39, 0.29) is 53.2 Å². The molecule has 0 unspecified atom stereocenters. The highest BCUT2D eigenvalue weighted by Crippen LogP contribution is 2.31. The smallest absolute Gasteiger partial charge is 0.355 e. The number of rotatable bonds is 5. The number of benzene rings is 2. The highest BCUT2D eigenvalue weighted by Gasteiger charge is 2.23. The van der Waals surface area contributed by atoms with Crippen LogP contribution in [-0.4, -0.2) is 43.8 Å². The maximum absolute atomic E-state index is 12.8. The molecule has 1 aliphatic heterocycles. The van der Waals surface area contributed by atoms with Crippen molar-refractivity contribution in [3.63, 3.8) is 0 Å². The average Bonchev–Trinajstić information content (AvgIpc) is 3.30. The van der Waals surface area contributed by atoms with Gasteiger partial charge in [0.05, 0.1) is 33.8 Å². The summed E-state index contributed by atoms with van der Waals surface area (Å²) in [5.41, 5.74) is 7.85. The van der Waals surface area contributed by atoms with Crippen molar-refractivity contribution in [3.05, 3.63) is 69.2 Å². The molecule has 0 radical (unpaired) electrons. The molecule has 2 aromatic carbocycles. The molecule has 9 nitrogen and oxygen atoms in total. The molecule has 0 saturated carbocycles. The van der Waals surface area contributed by atoms with E-state index >= 15 is 0 Å². The third kappa shape index (κ3) is 4.62. The Labute approximate surface area is 212 Å². The van der Waals surface area contributed by atoms with E-state index in [4.69, 9.17) is 28.9 Å². The number of hydrogen-bond donors (Lipinski definition) is 3. The van der Waals surface area contributed by atoms with Crippen LogP contribution >= 0.6 is 23.2 Å². The van der Waals surface area contributed by atoms with E-state index in [1.54, 1.807) is 18.2 Å². The summed E-state index contributed by atoms with van der Waals surface area (Å²) < 4.78 is 1.15. The fourth-order valence-corrected chi connectivity index (χ4v) is 4.78. The number of fused-ring (bicyclic) bond motifs is 1. The minimum atomic E-state index is -0.655. The van der Waals surface area contributed by atoms with Crippen molar-refractivity contribution in [2.75, 3.05) is 29.1 Å². The van der Waals surface area contributed by atoms with Crippen molar-refractivity contribution in [2.24, 2.45) is 0 Å². The molecule has 182 valence electrons. The van der Waals surface area contributed by atoms with E-state index in [0.29, 0.717) is 5.39 Å². The molecule has 11 heteroatoms. The lowest BCUT2D eigenvalue weighted by Crippen LogP contribution is -2.31. The molecule has 35 heavy (non-hydrogen) atoms. The largest absolute Gasteiger partial charge is 0.394 e. The fourth-order valence-electron chi connectivity index (χ4n) is 4.21. The third-order valence-electron chi connectivity index (χ3n) is 5.88. The number of nitrogen functional groups attached to an aromatic ring is 1. The van der Waals surface area contributed by atoms with Gasteiger partial charge in [-0.15, -0.1) is 0 Å². The summed E-state index contributed by atoms with van der Waals surface area (Å²) in [5, 5.41) is 13.6. The van der Waals surface area contributed by atoms with E-state index in [1.165, 1.54) is 6.20 Å². The zero-order valence-corrected chi connectivity index (χ0v) is 19.5. The number of aliphatic hydroxyl groups is 1. The predicted molar refractivity (Wildman–Crippen MR) is 141 cm³/mol. The Balaban J connectivity index is 0.00000289. The highest BCUT2D eigenvalue weighted by atomic mass is 35.5. The van der Waals surface area contributed by atoms with E-state index < -0.39 is 5.69 Å². The second-order valence-corrected chi connectivity index (χ2v) is 8.77. The molecule has 4 N–H and O–H groups in total. The van der Waals surface area contributed by atoms with Gasteiger partial charge < -0.3 is 21.1 Å². The van der Waals surface area contributed by atoms with Crippen LogP contribution in [0.1, 0.15) is 20.3 Å². The third-order valence-corrected chi connectivity index (χ3v) is 6.49. The SMILES string of the molecule is C.Nc1c2cnc(Nc3ccc(N4CCC[C@@H]4CO)cc3)nc2nc(=O)n1-c1c(Cl)cccc1Cl. The quantitative estimate of drug-likeness (QED) is 0.358. The summed E-state index contributed by atoms with van der Waals surface area (Å²) in [6, 6.07) is 12.8. The molecular formula is C24H25Cl2N7O2. The summed E-state index contributed by atoms with van der Waals surface area (Å²) in [5.74, 6) is 0.361. The summed E-state index contributed by atoms with van der Waals surface area (Å²) in [7, 11) is 0. The zero-order chi connectivity index (χ0) is 23.8. The Bertz CT molecular complexity index is 1410. The lowest BCUT2D eigenvalue weighted by molar-refractivity contribution is 0.266. The summed E-state index contributed by atoms with van der Waals surface area (Å²) in [6.07, 6.45) is 3.55. The first-order chi connectivity index (χ1) is 16.5. The van der Waals surface area contributed by atoms with Crippen LogP contribution in [0.5, 0.6) is 0 Å². The molecule has 1 fully saturated rings. The molecule has 0 bridgehead atoms. The maximum Gasteiger partial charge on any atom is 0.355 e. The lowest BCUT2D eigenvalue weighted by atomic mass is 10.2. The van der Waals surface area contributed by atoms with Gasteiger partial charge in [-0.3, -0.25) is 0 Å². The van der Waals surface area contributed by atoms with E-state index in [0.717, 1.165) is 35.3 Å². The van der Waals surface area contributed by atoms with Crippen LogP contribution in [0.3, 0.4) is 0 Å². The molecule has 2 aromatic heterocycles. The van der Waals surface area contributed by atoms with Crippen LogP contribution in [0.15, 0.2) is 53.5 Å². The van der Waals surface area contributed by atoms with Crippen molar-refractivity contribution < 1.29 is 5.11 Å². The molecule has 4 aromatic rings. The van der Waals surface area contributed by atoms with Gasteiger partial charge in [-0.1, -0.05) is 36.7 Å². The first-order valence-electron chi connectivity index (χ1n) is 10.7. The van der Waals surface area contributed by atoms with Gasteiger partial charge in [0, 0.05) is 24.1 Å². The van der Waals surface area contributed by atoms with Gasteiger partial charge in [0.25, 0.3) is 0 Å². The van der Waals surface area contributed by atoms with Crippen LogP contribution in [-0.2, 0) is 0 Å². The molecule has 5 rings (SSSR count). The number of aromatic nitrogens is 4. The topological polar surface area (TPSA) is 122 Å². The number of halogens is 2. The number of anilines is 4. The van der Waals surface area contributed by atoms with Gasteiger partial charge in [-0.2, -0.15) is 9.97 Å². The van der Waals surface area contributed by atoms with Crippen molar-refractivity contribution in [1.82, 2.24) is 19.5 Å².